The van der Waals surface area contributed by atoms with Crippen LogP contribution in [0.25, 0.3) is 43.5 Å². The number of hydrogen-bond acceptors (Lipinski definition) is 9. The first-order valence-corrected chi connectivity index (χ1v) is 12.8. The summed E-state index contributed by atoms with van der Waals surface area (Å²) in [6.07, 6.45) is 0. The summed E-state index contributed by atoms with van der Waals surface area (Å²) in [6.45, 7) is 13.0. The Labute approximate surface area is 211 Å². The zero-order valence-electron chi connectivity index (χ0n) is 21.0. The fourth-order valence-electron chi connectivity index (χ4n) is 5.12. The molecule has 0 aliphatic rings. The summed E-state index contributed by atoms with van der Waals surface area (Å²) in [6, 6.07) is 12.6. The summed E-state index contributed by atoms with van der Waals surface area (Å²) in [4.78, 5) is 0. The van der Waals surface area contributed by atoms with E-state index >= 15 is 0 Å². The van der Waals surface area contributed by atoms with Gasteiger partial charge in [-0.3, -0.25) is 0 Å². The summed E-state index contributed by atoms with van der Waals surface area (Å²) < 4.78 is 16.8. The van der Waals surface area contributed by atoms with Gasteiger partial charge < -0.3 is 9.05 Å². The standard InChI is InChI=1S/C27H26N6O2S/c1-13(2)15-7-8-18(24-21(15)28-31-34-24)17-10-12-20(25-22(17)29-32-35-25)27(5,6)19-11-9-16(14(3)4)26-23(19)30-33-36-26/h7-14H,1-6H3. The molecule has 6 aromatic rings. The van der Waals surface area contributed by atoms with Crippen molar-refractivity contribution in [1.82, 2.24) is 30.3 Å². The van der Waals surface area contributed by atoms with E-state index in [4.69, 9.17) is 9.05 Å². The van der Waals surface area contributed by atoms with E-state index in [0.717, 1.165) is 43.6 Å². The van der Waals surface area contributed by atoms with Gasteiger partial charge >= 0.3 is 0 Å². The van der Waals surface area contributed by atoms with E-state index in [0.29, 0.717) is 28.5 Å². The van der Waals surface area contributed by atoms with Crippen LogP contribution in [0.1, 0.15) is 75.6 Å². The van der Waals surface area contributed by atoms with Crippen molar-refractivity contribution in [1.29, 1.82) is 0 Å². The van der Waals surface area contributed by atoms with Gasteiger partial charge in [0, 0.05) is 32.6 Å². The van der Waals surface area contributed by atoms with Gasteiger partial charge in [-0.25, -0.2) is 0 Å². The Morgan fingerprint density at radius 1 is 0.667 bits per heavy atom. The summed E-state index contributed by atoms with van der Waals surface area (Å²) in [5.74, 6) is 0.686. The Hall–Kier alpha value is -3.72. The van der Waals surface area contributed by atoms with E-state index < -0.39 is 5.41 Å². The molecule has 0 saturated heterocycles. The third kappa shape index (κ3) is 3.26. The molecule has 3 aromatic heterocycles. The SMILES string of the molecule is CC(C)c1ccc(-c2ccc(C(C)(C)c3ccc(C(C)C)c4snnc34)c3onnc23)c2onnc12. The van der Waals surface area contributed by atoms with E-state index in [-0.39, 0.29) is 0 Å². The van der Waals surface area contributed by atoms with Gasteiger partial charge in [-0.15, -0.1) is 15.3 Å². The predicted octanol–water partition coefficient (Wildman–Crippen LogP) is 7.00. The van der Waals surface area contributed by atoms with E-state index in [1.807, 2.05) is 6.07 Å². The smallest absolute Gasteiger partial charge is 0.195 e. The first-order chi connectivity index (χ1) is 17.3. The Kier molecular flexibility index (Phi) is 5.15. The van der Waals surface area contributed by atoms with Crippen LogP contribution in [-0.2, 0) is 5.41 Å². The molecule has 0 unspecified atom stereocenters. The Bertz CT molecular complexity index is 1740. The van der Waals surface area contributed by atoms with Crippen LogP contribution in [0.4, 0.5) is 0 Å². The second-order valence-electron chi connectivity index (χ2n) is 10.4. The van der Waals surface area contributed by atoms with Crippen molar-refractivity contribution in [2.24, 2.45) is 0 Å². The van der Waals surface area contributed by atoms with E-state index in [1.54, 1.807) is 0 Å². The minimum absolute atomic E-state index is 0.296. The number of hydrogen-bond donors (Lipinski definition) is 0. The lowest BCUT2D eigenvalue weighted by Gasteiger charge is -2.27. The molecular formula is C27H26N6O2S. The van der Waals surface area contributed by atoms with Crippen LogP contribution in [0.2, 0.25) is 0 Å². The van der Waals surface area contributed by atoms with Crippen molar-refractivity contribution in [2.75, 3.05) is 0 Å². The molecular weight excluding hydrogens is 472 g/mol. The zero-order valence-corrected chi connectivity index (χ0v) is 21.8. The first-order valence-electron chi connectivity index (χ1n) is 12.0. The highest BCUT2D eigenvalue weighted by atomic mass is 32.1. The topological polar surface area (TPSA) is 104 Å². The van der Waals surface area contributed by atoms with Crippen LogP contribution in [0, 0.1) is 0 Å². The molecule has 0 saturated carbocycles. The molecule has 8 nitrogen and oxygen atoms in total. The molecule has 0 spiro atoms. The van der Waals surface area contributed by atoms with Gasteiger partial charge in [0.15, 0.2) is 11.2 Å². The van der Waals surface area contributed by atoms with Gasteiger partial charge in [-0.05, 0) is 46.1 Å². The fourth-order valence-corrected chi connectivity index (χ4v) is 5.98. The maximum absolute atomic E-state index is 5.77. The van der Waals surface area contributed by atoms with Crippen molar-refractivity contribution in [2.45, 2.75) is 58.8 Å². The number of benzene rings is 3. The van der Waals surface area contributed by atoms with Crippen molar-refractivity contribution < 1.29 is 9.05 Å². The number of nitrogens with zero attached hydrogens (tertiary/aromatic N) is 6. The molecule has 3 heterocycles. The number of rotatable bonds is 5. The largest absolute Gasteiger partial charge is 0.337 e. The van der Waals surface area contributed by atoms with E-state index in [9.17, 15) is 0 Å². The molecule has 36 heavy (non-hydrogen) atoms. The van der Waals surface area contributed by atoms with Crippen LogP contribution in [0.5, 0.6) is 0 Å². The molecule has 6 rings (SSSR count). The van der Waals surface area contributed by atoms with Crippen LogP contribution >= 0.6 is 11.5 Å². The molecule has 0 aliphatic carbocycles. The highest BCUT2D eigenvalue weighted by Gasteiger charge is 2.32. The van der Waals surface area contributed by atoms with Gasteiger partial charge in [0.05, 0.1) is 4.70 Å². The molecule has 3 aromatic carbocycles. The highest BCUT2D eigenvalue weighted by molar-refractivity contribution is 7.13. The molecule has 182 valence electrons. The molecule has 0 amide bonds. The van der Waals surface area contributed by atoms with Gasteiger partial charge in [0.25, 0.3) is 0 Å². The normalized spacial score (nSPS) is 12.7. The molecule has 0 atom stereocenters. The number of aromatic nitrogens is 6. The minimum Gasteiger partial charge on any atom is -0.337 e. The monoisotopic (exact) mass is 498 g/mol. The van der Waals surface area contributed by atoms with Crippen LogP contribution < -0.4 is 0 Å². The second kappa shape index (κ2) is 8.16. The van der Waals surface area contributed by atoms with Crippen LogP contribution in [-0.4, -0.2) is 30.3 Å². The van der Waals surface area contributed by atoms with Crippen molar-refractivity contribution in [3.63, 3.8) is 0 Å². The maximum atomic E-state index is 5.77. The minimum atomic E-state index is -0.438. The molecule has 0 aliphatic heterocycles. The Morgan fingerprint density at radius 3 is 2.06 bits per heavy atom. The van der Waals surface area contributed by atoms with Gasteiger partial charge in [0.1, 0.15) is 16.6 Å². The Morgan fingerprint density at radius 2 is 1.31 bits per heavy atom. The third-order valence-electron chi connectivity index (χ3n) is 7.16. The molecule has 0 N–H and O–H groups in total. The quantitative estimate of drug-likeness (QED) is 0.250. The third-order valence-corrected chi connectivity index (χ3v) is 7.93. The average Bonchev–Trinajstić information content (AvgIpc) is 3.62. The molecule has 0 bridgehead atoms. The molecule has 9 heteroatoms. The lowest BCUT2D eigenvalue weighted by Crippen LogP contribution is -2.20. The average molecular weight is 499 g/mol. The highest BCUT2D eigenvalue weighted by Crippen LogP contribution is 2.43. The maximum Gasteiger partial charge on any atom is 0.195 e. The summed E-state index contributed by atoms with van der Waals surface area (Å²) in [5, 5.41) is 20.9. The van der Waals surface area contributed by atoms with Crippen molar-refractivity contribution >= 4 is 43.9 Å². The Balaban J connectivity index is 1.54. The molecule has 0 fully saturated rings. The van der Waals surface area contributed by atoms with Crippen molar-refractivity contribution in [3.8, 4) is 11.1 Å². The van der Waals surface area contributed by atoms with E-state index in [2.05, 4.69) is 102 Å². The number of fused-ring (bicyclic) bond motifs is 3. The van der Waals surface area contributed by atoms with Gasteiger partial charge in [0.2, 0.25) is 0 Å². The van der Waals surface area contributed by atoms with E-state index in [1.165, 1.54) is 17.1 Å². The summed E-state index contributed by atoms with van der Waals surface area (Å²) in [5.41, 5.74) is 9.33. The predicted molar refractivity (Wildman–Crippen MR) is 140 cm³/mol. The van der Waals surface area contributed by atoms with Crippen LogP contribution in [0.15, 0.2) is 45.4 Å². The lowest BCUT2D eigenvalue weighted by atomic mass is 9.76. The summed E-state index contributed by atoms with van der Waals surface area (Å²) in [7, 11) is 0. The fraction of sp³-hybridized carbons (Fsp3) is 0.333. The van der Waals surface area contributed by atoms with Gasteiger partial charge in [-0.2, -0.15) is 0 Å². The lowest BCUT2D eigenvalue weighted by molar-refractivity contribution is 0.418. The zero-order chi connectivity index (χ0) is 25.2. The van der Waals surface area contributed by atoms with Crippen molar-refractivity contribution in [3.05, 3.63) is 58.7 Å². The van der Waals surface area contributed by atoms with Crippen LogP contribution in [0.3, 0.4) is 0 Å². The second-order valence-corrected chi connectivity index (χ2v) is 11.1. The molecule has 0 radical (unpaired) electrons. The summed E-state index contributed by atoms with van der Waals surface area (Å²) >= 11 is 1.45. The van der Waals surface area contributed by atoms with Gasteiger partial charge in [-0.1, -0.05) is 76.4 Å². The first kappa shape index (κ1) is 22.7.